The van der Waals surface area contributed by atoms with Crippen molar-refractivity contribution in [1.29, 1.82) is 0 Å². The predicted octanol–water partition coefficient (Wildman–Crippen LogP) is 4.89. The highest BCUT2D eigenvalue weighted by atomic mass is 16.5. The molecule has 3 aliphatic rings. The van der Waals surface area contributed by atoms with E-state index < -0.39 is 40.8 Å². The van der Waals surface area contributed by atoms with E-state index >= 15 is 0 Å². The Morgan fingerprint density at radius 3 is 2.44 bits per heavy atom. The molecule has 11 heteroatoms. The van der Waals surface area contributed by atoms with Crippen molar-refractivity contribution in [3.8, 4) is 17.4 Å². The summed E-state index contributed by atoms with van der Waals surface area (Å²) in [5.41, 5.74) is -0.764. The molecule has 2 aromatic rings. The zero-order valence-corrected chi connectivity index (χ0v) is 25.9. The summed E-state index contributed by atoms with van der Waals surface area (Å²) in [7, 11) is 5.19. The first-order valence-electron chi connectivity index (χ1n) is 15.3. The summed E-state index contributed by atoms with van der Waals surface area (Å²) < 4.78 is 23.4. The number of Topliss-reactive ketones (excluding diaryl/α,β-unsaturated/α-hetero) is 2. The molecule has 0 bridgehead atoms. The lowest BCUT2D eigenvalue weighted by Crippen LogP contribution is -2.59. The quantitative estimate of drug-likeness (QED) is 0.288. The minimum Gasteiger partial charge on any atom is -0.508 e. The monoisotopic (exact) mass is 597 g/mol. The number of methoxy groups -OCH3 is 1. The molecule has 0 radical (unpaired) electrons. The maximum absolute atomic E-state index is 14.4. The molecule has 0 spiro atoms. The Morgan fingerprint density at radius 1 is 1.12 bits per heavy atom. The highest BCUT2D eigenvalue weighted by Crippen LogP contribution is 2.57. The molecule has 1 heterocycles. The number of ketones is 2. The average molecular weight is 598 g/mol. The SMILES string of the molecule is CCCCOc1noc2c1C(=O)[C@@]1(O)C(O)=C3C(=O)c4c(c(OC)cc(NCC)c4OCCCC)C[C@H]3C[C@H]1[C@@H]2N(C)C. The summed E-state index contributed by atoms with van der Waals surface area (Å²) in [4.78, 5) is 30.4. The molecular formula is C32H43N3O8. The molecule has 0 aliphatic heterocycles. The third-order valence-corrected chi connectivity index (χ3v) is 8.90. The van der Waals surface area contributed by atoms with E-state index in [2.05, 4.69) is 17.4 Å². The van der Waals surface area contributed by atoms with Crippen LogP contribution in [0.25, 0.3) is 0 Å². The first-order chi connectivity index (χ1) is 20.6. The third-order valence-electron chi connectivity index (χ3n) is 8.90. The minimum atomic E-state index is -2.37. The van der Waals surface area contributed by atoms with Crippen molar-refractivity contribution in [3.63, 3.8) is 0 Å². The molecule has 3 N–H and O–H groups in total. The van der Waals surface area contributed by atoms with E-state index in [1.165, 1.54) is 0 Å². The molecule has 0 amide bonds. The first kappa shape index (κ1) is 30.9. The number of carbonyl (C=O) groups is 2. The predicted molar refractivity (Wildman–Crippen MR) is 159 cm³/mol. The zero-order chi connectivity index (χ0) is 31.1. The van der Waals surface area contributed by atoms with Crippen LogP contribution in [0, 0.1) is 11.8 Å². The van der Waals surface area contributed by atoms with Gasteiger partial charge in [0.25, 0.3) is 5.88 Å². The van der Waals surface area contributed by atoms with Gasteiger partial charge in [0.2, 0.25) is 5.78 Å². The zero-order valence-electron chi connectivity index (χ0n) is 25.9. The number of unbranched alkanes of at least 4 members (excludes halogenated alkanes) is 2. The summed E-state index contributed by atoms with van der Waals surface area (Å²) >= 11 is 0. The van der Waals surface area contributed by atoms with E-state index in [4.69, 9.17) is 18.7 Å². The smallest absolute Gasteiger partial charge is 0.265 e. The number of aliphatic hydroxyl groups excluding tert-OH is 1. The van der Waals surface area contributed by atoms with Crippen molar-refractivity contribution < 1.29 is 38.5 Å². The topological polar surface area (TPSA) is 144 Å². The lowest BCUT2D eigenvalue weighted by molar-refractivity contribution is -0.0559. The summed E-state index contributed by atoms with van der Waals surface area (Å²) in [5, 5.41) is 31.5. The standard InChI is InChI=1S/C32H43N3O8/c1-7-10-12-41-27-20(33-9-3)16-21(40-6)18-14-17-15-19-25(35(4)5)28-24(31(34-43-28)42-13-11-8-2)30(38)32(19,39)29(37)22(17)26(36)23(18)27/h16-17,19,25,33,37,39H,7-15H2,1-6H3/t17-,19-,25-,32-/m0/s1. The van der Waals surface area contributed by atoms with Crippen LogP contribution in [0.1, 0.15) is 91.0 Å². The number of benzene rings is 1. The van der Waals surface area contributed by atoms with Crippen molar-refractivity contribution in [2.45, 2.75) is 70.9 Å². The van der Waals surface area contributed by atoms with Gasteiger partial charge >= 0.3 is 0 Å². The summed E-state index contributed by atoms with van der Waals surface area (Å²) in [6, 6.07) is 1.23. The molecule has 3 aliphatic carbocycles. The van der Waals surface area contributed by atoms with Gasteiger partial charge in [0.15, 0.2) is 22.9 Å². The van der Waals surface area contributed by atoms with Gasteiger partial charge in [-0.2, -0.15) is 0 Å². The second kappa shape index (κ2) is 12.2. The van der Waals surface area contributed by atoms with E-state index in [0.717, 1.165) is 25.7 Å². The maximum Gasteiger partial charge on any atom is 0.265 e. The molecule has 0 unspecified atom stereocenters. The van der Waals surface area contributed by atoms with E-state index in [0.29, 0.717) is 48.9 Å². The fraction of sp³-hybridized carbons (Fsp3) is 0.594. The van der Waals surface area contributed by atoms with Crippen LogP contribution in [0.3, 0.4) is 0 Å². The van der Waals surface area contributed by atoms with Crippen LogP contribution in [-0.4, -0.2) is 78.4 Å². The number of aromatic nitrogens is 1. The largest absolute Gasteiger partial charge is 0.508 e. The van der Waals surface area contributed by atoms with Gasteiger partial charge in [-0.1, -0.05) is 26.7 Å². The first-order valence-corrected chi connectivity index (χ1v) is 15.3. The molecule has 5 rings (SSSR count). The number of hydrogen-bond donors (Lipinski definition) is 3. The number of allylic oxidation sites excluding steroid dienone is 1. The van der Waals surface area contributed by atoms with Crippen molar-refractivity contribution in [3.05, 3.63) is 39.8 Å². The van der Waals surface area contributed by atoms with Crippen LogP contribution < -0.4 is 19.5 Å². The number of nitrogens with one attached hydrogen (secondary N) is 1. The number of carbonyl (C=O) groups excluding carboxylic acids is 2. The Bertz CT molecular complexity index is 1430. The van der Waals surface area contributed by atoms with E-state index in [9.17, 15) is 19.8 Å². The molecular weight excluding hydrogens is 554 g/mol. The number of anilines is 1. The molecule has 43 heavy (non-hydrogen) atoms. The molecule has 0 fully saturated rings. The van der Waals surface area contributed by atoms with Gasteiger partial charge < -0.3 is 34.3 Å². The Morgan fingerprint density at radius 2 is 1.81 bits per heavy atom. The maximum atomic E-state index is 14.4. The van der Waals surface area contributed by atoms with Gasteiger partial charge in [-0.3, -0.25) is 14.5 Å². The van der Waals surface area contributed by atoms with Crippen LogP contribution in [-0.2, 0) is 6.42 Å². The van der Waals surface area contributed by atoms with Crippen molar-refractivity contribution in [1.82, 2.24) is 10.1 Å². The molecule has 234 valence electrons. The van der Waals surface area contributed by atoms with E-state index in [1.54, 1.807) is 7.11 Å². The van der Waals surface area contributed by atoms with Crippen LogP contribution in [0.4, 0.5) is 5.69 Å². The molecule has 0 saturated heterocycles. The Kier molecular flexibility index (Phi) is 8.76. The van der Waals surface area contributed by atoms with Crippen LogP contribution in [0.2, 0.25) is 0 Å². The van der Waals surface area contributed by atoms with Crippen LogP contribution in [0.5, 0.6) is 17.4 Å². The number of aliphatic hydroxyl groups is 2. The Labute approximate surface area is 252 Å². The second-order valence-electron chi connectivity index (χ2n) is 11.8. The number of hydrogen-bond acceptors (Lipinski definition) is 11. The van der Waals surface area contributed by atoms with E-state index in [-0.39, 0.29) is 34.8 Å². The minimum absolute atomic E-state index is 0.00232. The van der Waals surface area contributed by atoms with Gasteiger partial charge in [-0.25, -0.2) is 0 Å². The number of nitrogens with zero attached hydrogens (tertiary/aromatic N) is 2. The van der Waals surface area contributed by atoms with Gasteiger partial charge in [0.05, 0.1) is 37.6 Å². The van der Waals surface area contributed by atoms with Crippen molar-refractivity contribution >= 4 is 17.3 Å². The van der Waals surface area contributed by atoms with Crippen LogP contribution >= 0.6 is 0 Å². The Balaban J connectivity index is 1.67. The van der Waals surface area contributed by atoms with Crippen molar-refractivity contribution in [2.24, 2.45) is 11.8 Å². The molecule has 1 aromatic carbocycles. The lowest BCUT2D eigenvalue weighted by Gasteiger charge is -2.49. The van der Waals surface area contributed by atoms with Gasteiger partial charge in [-0.05, 0) is 57.8 Å². The third kappa shape index (κ3) is 4.86. The molecule has 0 saturated carbocycles. The highest BCUT2D eigenvalue weighted by Gasteiger charge is 2.64. The molecule has 1 aromatic heterocycles. The van der Waals surface area contributed by atoms with Crippen LogP contribution in [0.15, 0.2) is 21.9 Å². The summed E-state index contributed by atoms with van der Waals surface area (Å²) in [5.74, 6) is -1.98. The van der Waals surface area contributed by atoms with Crippen molar-refractivity contribution in [2.75, 3.05) is 46.3 Å². The normalized spacial score (nSPS) is 24.3. The average Bonchev–Trinajstić information content (AvgIpc) is 3.39. The number of rotatable bonds is 12. The number of fused-ring (bicyclic) bond motifs is 4. The Hall–Kier alpha value is -3.57. The molecule has 11 nitrogen and oxygen atoms in total. The van der Waals surface area contributed by atoms with Gasteiger partial charge in [0, 0.05) is 29.7 Å². The molecule has 4 atom stereocenters. The fourth-order valence-electron chi connectivity index (χ4n) is 6.83. The second-order valence-corrected chi connectivity index (χ2v) is 11.8. The lowest BCUT2D eigenvalue weighted by atomic mass is 9.58. The van der Waals surface area contributed by atoms with E-state index in [1.807, 2.05) is 38.9 Å². The highest BCUT2D eigenvalue weighted by molar-refractivity contribution is 6.17. The summed E-state index contributed by atoms with van der Waals surface area (Å²) in [6.45, 7) is 7.32. The summed E-state index contributed by atoms with van der Waals surface area (Å²) in [6.07, 6.45) is 3.92. The fourth-order valence-corrected chi connectivity index (χ4v) is 6.83. The number of ether oxygens (including phenoxy) is 3. The van der Waals surface area contributed by atoms with Gasteiger partial charge in [0.1, 0.15) is 17.1 Å². The van der Waals surface area contributed by atoms with Gasteiger partial charge in [-0.15, -0.1) is 0 Å².